The van der Waals surface area contributed by atoms with E-state index < -0.39 is 5.41 Å². The fourth-order valence-corrected chi connectivity index (χ4v) is 11.0. The van der Waals surface area contributed by atoms with Crippen LogP contribution in [0.3, 0.4) is 0 Å². The fraction of sp³-hybridized carbons (Fsp3) is 0.0154. The van der Waals surface area contributed by atoms with Gasteiger partial charge >= 0.3 is 0 Å². The average molecular weight is 855 g/mol. The van der Waals surface area contributed by atoms with Crippen LogP contribution in [-0.2, 0) is 5.41 Å². The topological polar surface area (TPSA) is 40.5 Å². The molecular formula is C65H42O2. The van der Waals surface area contributed by atoms with Crippen molar-refractivity contribution in [1.82, 2.24) is 0 Å². The molecule has 0 radical (unpaired) electrons. The molecule has 314 valence electrons. The largest absolute Gasteiger partial charge is 0.507 e. The van der Waals surface area contributed by atoms with Crippen LogP contribution in [0.1, 0.15) is 22.3 Å². The number of phenols is 2. The second-order valence-electron chi connectivity index (χ2n) is 17.9. The normalized spacial score (nSPS) is 12.7. The third-order valence-corrected chi connectivity index (χ3v) is 14.3. The van der Waals surface area contributed by atoms with Gasteiger partial charge in [-0.1, -0.05) is 194 Å². The molecule has 0 spiro atoms. The van der Waals surface area contributed by atoms with Crippen molar-refractivity contribution in [1.29, 1.82) is 0 Å². The Morgan fingerprint density at radius 3 is 0.776 bits per heavy atom. The van der Waals surface area contributed by atoms with E-state index in [9.17, 15) is 10.2 Å². The molecule has 1 aliphatic carbocycles. The van der Waals surface area contributed by atoms with Crippen LogP contribution in [0, 0.1) is 0 Å². The maximum absolute atomic E-state index is 12.8. The standard InChI is InChI=1S/C65H42O2/c66-63-57(49-29-25-41-13-1-5-17-45(41)33-49)37-53(38-58(63)50-30-26-42-14-2-6-18-46(42)34-50)65(61-23-11-9-21-55(61)56-22-10-12-24-62(56)65)54-39-59(51-31-27-43-15-3-7-19-47(43)35-51)64(67)60(40-54)52-32-28-44-16-4-8-20-48(44)36-52/h1-40,66-67H. The van der Waals surface area contributed by atoms with E-state index in [1.807, 2.05) is 0 Å². The molecule has 1 aliphatic rings. The van der Waals surface area contributed by atoms with Crippen LogP contribution in [0.5, 0.6) is 11.5 Å². The molecule has 12 aromatic carbocycles. The first kappa shape index (κ1) is 38.7. The summed E-state index contributed by atoms with van der Waals surface area (Å²) in [6, 6.07) is 85.9. The van der Waals surface area contributed by atoms with Crippen LogP contribution in [0.25, 0.3) is 98.7 Å². The van der Waals surface area contributed by atoms with Gasteiger partial charge in [-0.3, -0.25) is 0 Å². The van der Waals surface area contributed by atoms with Crippen molar-refractivity contribution in [2.75, 3.05) is 0 Å². The molecule has 0 aromatic heterocycles. The summed E-state index contributed by atoms with van der Waals surface area (Å²) < 4.78 is 0. The highest BCUT2D eigenvalue weighted by molar-refractivity contribution is 5.98. The molecule has 0 atom stereocenters. The molecule has 0 bridgehead atoms. The lowest BCUT2D eigenvalue weighted by molar-refractivity contribution is 0.479. The smallest absolute Gasteiger partial charge is 0.131 e. The van der Waals surface area contributed by atoms with Crippen molar-refractivity contribution < 1.29 is 10.2 Å². The molecule has 67 heavy (non-hydrogen) atoms. The predicted octanol–water partition coefficient (Wildman–Crippen LogP) is 16.7. The molecule has 0 heterocycles. The van der Waals surface area contributed by atoms with Crippen LogP contribution < -0.4 is 0 Å². The Kier molecular flexibility index (Phi) is 8.78. The second-order valence-corrected chi connectivity index (χ2v) is 17.9. The van der Waals surface area contributed by atoms with E-state index in [2.05, 4.69) is 243 Å². The van der Waals surface area contributed by atoms with Gasteiger partial charge in [-0.05, 0) is 147 Å². The number of fused-ring (bicyclic) bond motifs is 7. The summed E-state index contributed by atoms with van der Waals surface area (Å²) in [6.07, 6.45) is 0. The predicted molar refractivity (Wildman–Crippen MR) is 279 cm³/mol. The van der Waals surface area contributed by atoms with Gasteiger partial charge < -0.3 is 10.2 Å². The highest BCUT2D eigenvalue weighted by Gasteiger charge is 2.47. The van der Waals surface area contributed by atoms with Crippen LogP contribution >= 0.6 is 0 Å². The molecule has 2 nitrogen and oxygen atoms in total. The Balaban J connectivity index is 1.17. The van der Waals surface area contributed by atoms with Crippen molar-refractivity contribution in [2.24, 2.45) is 0 Å². The molecule has 0 unspecified atom stereocenters. The van der Waals surface area contributed by atoms with Gasteiger partial charge in [0.2, 0.25) is 0 Å². The molecule has 2 N–H and O–H groups in total. The van der Waals surface area contributed by atoms with Gasteiger partial charge in [-0.15, -0.1) is 0 Å². The summed E-state index contributed by atoms with van der Waals surface area (Å²) >= 11 is 0. The molecule has 0 fully saturated rings. The summed E-state index contributed by atoms with van der Waals surface area (Å²) in [7, 11) is 0. The highest BCUT2D eigenvalue weighted by atomic mass is 16.3. The summed E-state index contributed by atoms with van der Waals surface area (Å²) in [4.78, 5) is 0. The second kappa shape index (κ2) is 15.2. The van der Waals surface area contributed by atoms with Gasteiger partial charge in [-0.25, -0.2) is 0 Å². The monoisotopic (exact) mass is 854 g/mol. The first-order chi connectivity index (χ1) is 33.0. The zero-order valence-electron chi connectivity index (χ0n) is 36.5. The number of hydrogen-bond acceptors (Lipinski definition) is 2. The van der Waals surface area contributed by atoms with E-state index in [4.69, 9.17) is 0 Å². The third-order valence-electron chi connectivity index (χ3n) is 14.3. The van der Waals surface area contributed by atoms with Gasteiger partial charge in [-0.2, -0.15) is 0 Å². The maximum atomic E-state index is 12.8. The molecule has 0 saturated heterocycles. The Hall–Kier alpha value is -8.72. The van der Waals surface area contributed by atoms with Gasteiger partial charge in [0, 0.05) is 22.3 Å². The van der Waals surface area contributed by atoms with E-state index in [1.54, 1.807) is 0 Å². The van der Waals surface area contributed by atoms with E-state index in [-0.39, 0.29) is 11.5 Å². The van der Waals surface area contributed by atoms with Crippen LogP contribution in [0.4, 0.5) is 0 Å². The molecule has 2 heteroatoms. The number of phenolic OH excluding ortho intramolecular Hbond substituents is 2. The van der Waals surface area contributed by atoms with Gasteiger partial charge in [0.05, 0.1) is 5.41 Å². The van der Waals surface area contributed by atoms with Gasteiger partial charge in [0.15, 0.2) is 0 Å². The van der Waals surface area contributed by atoms with Crippen LogP contribution in [0.15, 0.2) is 243 Å². The minimum Gasteiger partial charge on any atom is -0.507 e. The lowest BCUT2D eigenvalue weighted by atomic mass is 9.66. The fourth-order valence-electron chi connectivity index (χ4n) is 11.0. The number of benzene rings is 12. The van der Waals surface area contributed by atoms with Crippen molar-refractivity contribution in [3.8, 4) is 67.1 Å². The number of rotatable bonds is 6. The zero-order chi connectivity index (χ0) is 44.6. The maximum Gasteiger partial charge on any atom is 0.131 e. The lowest BCUT2D eigenvalue weighted by Gasteiger charge is -2.36. The number of hydrogen-bond donors (Lipinski definition) is 2. The van der Waals surface area contributed by atoms with E-state index in [0.717, 1.165) is 121 Å². The van der Waals surface area contributed by atoms with Gasteiger partial charge in [0.25, 0.3) is 0 Å². The molecule has 0 aliphatic heterocycles. The third kappa shape index (κ3) is 6.11. The molecule has 13 rings (SSSR count). The minimum absolute atomic E-state index is 0.225. The van der Waals surface area contributed by atoms with Crippen molar-refractivity contribution in [3.05, 3.63) is 265 Å². The van der Waals surface area contributed by atoms with Crippen molar-refractivity contribution in [3.63, 3.8) is 0 Å². The summed E-state index contributed by atoms with van der Waals surface area (Å²) in [5.74, 6) is 0.451. The summed E-state index contributed by atoms with van der Waals surface area (Å²) in [5, 5.41) is 34.6. The van der Waals surface area contributed by atoms with Crippen LogP contribution in [-0.4, -0.2) is 10.2 Å². The number of aromatic hydroxyl groups is 2. The van der Waals surface area contributed by atoms with Gasteiger partial charge in [0.1, 0.15) is 11.5 Å². The molecule has 0 saturated carbocycles. The minimum atomic E-state index is -0.914. The SMILES string of the molecule is Oc1c(-c2ccc3ccccc3c2)cc(C2(c3cc(-c4ccc5ccccc5c4)c(O)c(-c4ccc5ccccc5c4)c3)c3ccccc3-c3ccccc32)cc1-c1ccc2ccccc2c1. The first-order valence-electron chi connectivity index (χ1n) is 22.9. The van der Waals surface area contributed by atoms with Crippen molar-refractivity contribution >= 4 is 43.1 Å². The molecular weight excluding hydrogens is 813 g/mol. The van der Waals surface area contributed by atoms with Crippen molar-refractivity contribution in [2.45, 2.75) is 5.41 Å². The Labute approximate surface area is 389 Å². The van der Waals surface area contributed by atoms with E-state index >= 15 is 0 Å². The summed E-state index contributed by atoms with van der Waals surface area (Å²) in [5.41, 5.74) is 12.4. The quantitative estimate of drug-likeness (QED) is 0.175. The molecule has 12 aromatic rings. The van der Waals surface area contributed by atoms with Crippen LogP contribution in [0.2, 0.25) is 0 Å². The summed E-state index contributed by atoms with van der Waals surface area (Å²) in [6.45, 7) is 0. The Bertz CT molecular complexity index is 3510. The van der Waals surface area contributed by atoms with E-state index in [0.29, 0.717) is 0 Å². The molecule has 0 amide bonds. The first-order valence-corrected chi connectivity index (χ1v) is 22.9. The lowest BCUT2D eigenvalue weighted by Crippen LogP contribution is -2.29. The average Bonchev–Trinajstić information content (AvgIpc) is 3.69. The highest BCUT2D eigenvalue weighted by Crippen LogP contribution is 2.59. The zero-order valence-corrected chi connectivity index (χ0v) is 36.5. The Morgan fingerprint density at radius 2 is 0.478 bits per heavy atom. The Morgan fingerprint density at radius 1 is 0.224 bits per heavy atom. The van der Waals surface area contributed by atoms with E-state index in [1.165, 1.54) is 0 Å².